The molecule has 0 unspecified atom stereocenters. The maximum atomic E-state index is 10.9. The zero-order chi connectivity index (χ0) is 13.3. The lowest BCUT2D eigenvalue weighted by atomic mass is 10.3. The van der Waals surface area contributed by atoms with Crippen molar-refractivity contribution in [1.29, 1.82) is 0 Å². The van der Waals surface area contributed by atoms with E-state index in [2.05, 4.69) is 26.1 Å². The largest absolute Gasteiger partial charge is 0.480 e. The van der Waals surface area contributed by atoms with E-state index < -0.39 is 12.1 Å². The topological polar surface area (TPSA) is 75.6 Å². The zero-order valence-electron chi connectivity index (χ0n) is 10.9. The van der Waals surface area contributed by atoms with Gasteiger partial charge in [0.1, 0.15) is 12.6 Å². The number of carboxylic acid groups (broad SMARTS) is 1. The molecule has 0 saturated heterocycles. The number of rotatable bonds is 3. The molecule has 0 aliphatic heterocycles. The minimum Gasteiger partial charge on any atom is -0.480 e. The molecule has 5 heteroatoms. The first-order valence-corrected chi connectivity index (χ1v) is 6.08. The van der Waals surface area contributed by atoms with Crippen LogP contribution >= 0.6 is 0 Å². The first-order chi connectivity index (χ1) is 7.91. The van der Waals surface area contributed by atoms with Crippen LogP contribution in [0.3, 0.4) is 0 Å². The number of carboxylic acids is 1. The minimum atomic E-state index is -1.07. The van der Waals surface area contributed by atoms with Gasteiger partial charge in [0, 0.05) is 0 Å². The van der Waals surface area contributed by atoms with E-state index in [1.54, 1.807) is 0 Å². The molecule has 0 aromatic carbocycles. The molecule has 1 amide bonds. The van der Waals surface area contributed by atoms with Crippen molar-refractivity contribution in [3.8, 4) is 0 Å². The highest BCUT2D eigenvalue weighted by atomic mass is 16.6. The summed E-state index contributed by atoms with van der Waals surface area (Å²) >= 11 is 0. The standard InChI is InChI=1S/C8H13NO4.C4H10/c10-7(11)5-9-8(12)13-6-3-1-2-4-6;1-4(2)3/h6H,1-5H2,(H,9,12)(H,10,11);4H,1-3H3. The summed E-state index contributed by atoms with van der Waals surface area (Å²) in [5.41, 5.74) is 0. The Hall–Kier alpha value is -1.26. The Morgan fingerprint density at radius 3 is 2.18 bits per heavy atom. The van der Waals surface area contributed by atoms with Crippen LogP contribution in [0, 0.1) is 5.92 Å². The lowest BCUT2D eigenvalue weighted by molar-refractivity contribution is -0.135. The Bertz CT molecular complexity index is 232. The summed E-state index contributed by atoms with van der Waals surface area (Å²) in [5, 5.41) is 10.4. The van der Waals surface area contributed by atoms with E-state index in [1.807, 2.05) is 0 Å². The van der Waals surface area contributed by atoms with E-state index >= 15 is 0 Å². The van der Waals surface area contributed by atoms with Crippen LogP contribution in [-0.4, -0.2) is 29.8 Å². The second-order valence-electron chi connectivity index (χ2n) is 4.79. The fourth-order valence-electron chi connectivity index (χ4n) is 1.35. The minimum absolute atomic E-state index is 0.0196. The summed E-state index contributed by atoms with van der Waals surface area (Å²) in [5.74, 6) is -0.233. The summed E-state index contributed by atoms with van der Waals surface area (Å²) < 4.78 is 4.95. The van der Waals surface area contributed by atoms with Crippen molar-refractivity contribution in [3.05, 3.63) is 0 Å². The molecule has 0 aromatic rings. The molecule has 1 fully saturated rings. The van der Waals surface area contributed by atoms with Crippen molar-refractivity contribution in [2.75, 3.05) is 6.54 Å². The second-order valence-corrected chi connectivity index (χ2v) is 4.79. The molecule has 5 nitrogen and oxygen atoms in total. The zero-order valence-corrected chi connectivity index (χ0v) is 10.9. The van der Waals surface area contributed by atoms with Crippen molar-refractivity contribution in [2.45, 2.75) is 52.6 Å². The smallest absolute Gasteiger partial charge is 0.407 e. The molecule has 0 bridgehead atoms. The number of aliphatic carboxylic acids is 1. The monoisotopic (exact) mass is 245 g/mol. The molecule has 1 saturated carbocycles. The highest BCUT2D eigenvalue weighted by Crippen LogP contribution is 2.20. The number of ether oxygens (including phenoxy) is 1. The van der Waals surface area contributed by atoms with Crippen molar-refractivity contribution >= 4 is 12.1 Å². The van der Waals surface area contributed by atoms with Crippen molar-refractivity contribution < 1.29 is 19.4 Å². The third-order valence-electron chi connectivity index (χ3n) is 1.96. The predicted octanol–water partition coefficient (Wildman–Crippen LogP) is 2.40. The number of alkyl carbamates (subject to hydrolysis) is 1. The number of hydrogen-bond donors (Lipinski definition) is 2. The van der Waals surface area contributed by atoms with E-state index in [0.717, 1.165) is 31.6 Å². The Balaban J connectivity index is 0.000000557. The molecule has 0 radical (unpaired) electrons. The van der Waals surface area contributed by atoms with Crippen LogP contribution in [0.15, 0.2) is 0 Å². The first kappa shape index (κ1) is 15.7. The Morgan fingerprint density at radius 1 is 1.29 bits per heavy atom. The lowest BCUT2D eigenvalue weighted by Crippen LogP contribution is -2.32. The SMILES string of the molecule is CC(C)C.O=C(O)CNC(=O)OC1CCCC1. The maximum Gasteiger partial charge on any atom is 0.407 e. The van der Waals surface area contributed by atoms with Gasteiger partial charge in [0.15, 0.2) is 0 Å². The number of carbonyl (C=O) groups is 2. The first-order valence-electron chi connectivity index (χ1n) is 6.08. The quantitative estimate of drug-likeness (QED) is 0.800. The molecule has 2 N–H and O–H groups in total. The van der Waals surface area contributed by atoms with Crippen LogP contribution in [0.5, 0.6) is 0 Å². The fourth-order valence-corrected chi connectivity index (χ4v) is 1.35. The summed E-state index contributed by atoms with van der Waals surface area (Å²) in [4.78, 5) is 21.0. The van der Waals surface area contributed by atoms with Gasteiger partial charge in [0.05, 0.1) is 0 Å². The molecule has 100 valence electrons. The molecular formula is C12H23NO4. The van der Waals surface area contributed by atoms with Crippen molar-refractivity contribution in [2.24, 2.45) is 5.92 Å². The summed E-state index contributed by atoms with van der Waals surface area (Å²) in [6, 6.07) is 0. The van der Waals surface area contributed by atoms with Crippen LogP contribution < -0.4 is 5.32 Å². The van der Waals surface area contributed by atoms with Crippen LogP contribution in [0.4, 0.5) is 4.79 Å². The predicted molar refractivity (Wildman–Crippen MR) is 64.9 cm³/mol. The van der Waals surface area contributed by atoms with Gasteiger partial charge in [-0.15, -0.1) is 0 Å². The third kappa shape index (κ3) is 11.0. The Morgan fingerprint density at radius 2 is 1.76 bits per heavy atom. The van der Waals surface area contributed by atoms with Gasteiger partial charge < -0.3 is 15.2 Å². The van der Waals surface area contributed by atoms with Crippen molar-refractivity contribution in [3.63, 3.8) is 0 Å². The molecule has 1 rings (SSSR count). The van der Waals surface area contributed by atoms with Gasteiger partial charge in [-0.1, -0.05) is 20.8 Å². The summed E-state index contributed by atoms with van der Waals surface area (Å²) in [7, 11) is 0. The van der Waals surface area contributed by atoms with E-state index in [9.17, 15) is 9.59 Å². The maximum absolute atomic E-state index is 10.9. The molecule has 0 heterocycles. The van der Waals surface area contributed by atoms with E-state index in [1.165, 1.54) is 0 Å². The molecule has 17 heavy (non-hydrogen) atoms. The van der Waals surface area contributed by atoms with Gasteiger partial charge in [-0.05, 0) is 31.6 Å². The molecule has 0 spiro atoms. The fraction of sp³-hybridized carbons (Fsp3) is 0.833. The molecule has 1 aliphatic carbocycles. The van der Waals surface area contributed by atoms with Crippen LogP contribution in [-0.2, 0) is 9.53 Å². The average Bonchev–Trinajstić information content (AvgIpc) is 2.66. The van der Waals surface area contributed by atoms with Crippen LogP contribution in [0.2, 0.25) is 0 Å². The van der Waals surface area contributed by atoms with Gasteiger partial charge in [0.25, 0.3) is 0 Å². The van der Waals surface area contributed by atoms with E-state index in [0.29, 0.717) is 0 Å². The number of carbonyl (C=O) groups excluding carboxylic acids is 1. The normalized spacial score (nSPS) is 15.1. The Labute approximate surface area is 103 Å². The van der Waals surface area contributed by atoms with E-state index in [4.69, 9.17) is 9.84 Å². The van der Waals surface area contributed by atoms with Crippen molar-refractivity contribution in [1.82, 2.24) is 5.32 Å². The molecule has 1 aliphatic rings. The molecule has 0 aromatic heterocycles. The lowest BCUT2D eigenvalue weighted by Gasteiger charge is -2.10. The summed E-state index contributed by atoms with van der Waals surface area (Å²) in [6.45, 7) is 6.12. The second kappa shape index (κ2) is 8.84. The number of amides is 1. The van der Waals surface area contributed by atoms with E-state index in [-0.39, 0.29) is 12.6 Å². The number of hydrogen-bond acceptors (Lipinski definition) is 3. The highest BCUT2D eigenvalue weighted by Gasteiger charge is 2.18. The van der Waals surface area contributed by atoms with Gasteiger partial charge in [0.2, 0.25) is 0 Å². The van der Waals surface area contributed by atoms with Gasteiger partial charge in [-0.25, -0.2) is 4.79 Å². The molecular weight excluding hydrogens is 222 g/mol. The average molecular weight is 245 g/mol. The Kier molecular flexibility index (Phi) is 8.19. The van der Waals surface area contributed by atoms with Gasteiger partial charge in [-0.2, -0.15) is 0 Å². The van der Waals surface area contributed by atoms with Gasteiger partial charge in [-0.3, -0.25) is 4.79 Å². The van der Waals surface area contributed by atoms with Crippen LogP contribution in [0.25, 0.3) is 0 Å². The third-order valence-corrected chi connectivity index (χ3v) is 1.96. The number of nitrogens with one attached hydrogen (secondary N) is 1. The highest BCUT2D eigenvalue weighted by molar-refractivity contribution is 5.76. The van der Waals surface area contributed by atoms with Crippen LogP contribution in [0.1, 0.15) is 46.5 Å². The molecule has 0 atom stereocenters. The van der Waals surface area contributed by atoms with Gasteiger partial charge >= 0.3 is 12.1 Å². The summed E-state index contributed by atoms with van der Waals surface area (Å²) in [6.07, 6.45) is 3.29.